The predicted octanol–water partition coefficient (Wildman–Crippen LogP) is 12.2. The summed E-state index contributed by atoms with van der Waals surface area (Å²) in [5.74, 6) is -0.335. The van der Waals surface area contributed by atoms with E-state index in [4.69, 9.17) is 18.5 Å². The maximum absolute atomic E-state index is 12.6. The third-order valence-corrected chi connectivity index (χ3v) is 10.5. The van der Waals surface area contributed by atoms with Gasteiger partial charge in [0.2, 0.25) is 0 Å². The molecule has 0 saturated carbocycles. The molecule has 0 amide bonds. The van der Waals surface area contributed by atoms with Crippen molar-refractivity contribution in [1.82, 2.24) is 0 Å². The number of ether oxygens (including phenoxy) is 2. The van der Waals surface area contributed by atoms with Crippen molar-refractivity contribution >= 4 is 13.8 Å². The van der Waals surface area contributed by atoms with Gasteiger partial charge in [-0.15, -0.1) is 0 Å². The van der Waals surface area contributed by atoms with Crippen molar-refractivity contribution in [1.29, 1.82) is 0 Å². The summed E-state index contributed by atoms with van der Waals surface area (Å²) in [6.07, 6.45) is 41.9. The van der Waals surface area contributed by atoms with Crippen LogP contribution in [-0.2, 0) is 27.9 Å². The lowest BCUT2D eigenvalue weighted by atomic mass is 10.1. The molecule has 9 heteroatoms. The van der Waals surface area contributed by atoms with Crippen LogP contribution in [0.2, 0.25) is 0 Å². The zero-order chi connectivity index (χ0) is 39.1. The third-order valence-electron chi connectivity index (χ3n) is 9.51. The monoisotopic (exact) mass is 772 g/mol. The van der Waals surface area contributed by atoms with Gasteiger partial charge in [-0.2, -0.15) is 0 Å². The molecule has 0 aromatic carbocycles. The molecule has 0 aromatic heterocycles. The van der Waals surface area contributed by atoms with Gasteiger partial charge in [-0.3, -0.25) is 9.36 Å². The van der Waals surface area contributed by atoms with E-state index < -0.39 is 13.9 Å². The second-order valence-electron chi connectivity index (χ2n) is 16.1. The number of phosphoric ester groups is 1. The van der Waals surface area contributed by atoms with E-state index in [1.165, 1.54) is 135 Å². The summed E-state index contributed by atoms with van der Waals surface area (Å²) in [5, 5.41) is 0. The normalized spacial score (nSPS) is 14.0. The molecule has 2 unspecified atom stereocenters. The van der Waals surface area contributed by atoms with Crippen LogP contribution < -0.4 is 4.89 Å². The number of hydrogen-bond donors (Lipinski definition) is 0. The van der Waals surface area contributed by atoms with Crippen LogP contribution in [0.3, 0.4) is 0 Å². The number of rotatable bonds is 41. The van der Waals surface area contributed by atoms with Crippen LogP contribution in [0, 0.1) is 0 Å². The van der Waals surface area contributed by atoms with Crippen molar-refractivity contribution in [3.8, 4) is 0 Å². The van der Waals surface area contributed by atoms with Gasteiger partial charge in [0.15, 0.2) is 0 Å². The second kappa shape index (κ2) is 37.9. The first-order chi connectivity index (χ1) is 25.6. The number of nitrogens with zero attached hydrogens (tertiary/aromatic N) is 1. The average molecular weight is 772 g/mol. The molecule has 0 bridgehead atoms. The molecule has 0 heterocycles. The summed E-state index contributed by atoms with van der Waals surface area (Å²) in [4.78, 5) is 25.0. The van der Waals surface area contributed by atoms with Gasteiger partial charge in [-0.05, 0) is 44.9 Å². The highest BCUT2D eigenvalue weighted by Crippen LogP contribution is 2.38. The molecule has 0 aromatic rings. The van der Waals surface area contributed by atoms with Crippen molar-refractivity contribution in [3.05, 3.63) is 24.3 Å². The van der Waals surface area contributed by atoms with Gasteiger partial charge in [0.1, 0.15) is 19.3 Å². The Labute approximate surface area is 328 Å². The van der Waals surface area contributed by atoms with Crippen molar-refractivity contribution < 1.29 is 37.3 Å². The Bertz CT molecular complexity index is 905. The summed E-state index contributed by atoms with van der Waals surface area (Å²) in [6, 6.07) is 0. The van der Waals surface area contributed by atoms with Gasteiger partial charge in [0, 0.05) is 13.0 Å². The zero-order valence-electron chi connectivity index (χ0n) is 35.5. The summed E-state index contributed by atoms with van der Waals surface area (Å²) >= 11 is 0. The van der Waals surface area contributed by atoms with E-state index >= 15 is 0 Å². The molecule has 0 rings (SSSR count). The summed E-state index contributed by atoms with van der Waals surface area (Å²) in [5.41, 5.74) is 0. The number of likely N-dealkylation sites (N-methyl/N-ethyl adjacent to an activating group) is 1. The first-order valence-corrected chi connectivity index (χ1v) is 23.5. The summed E-state index contributed by atoms with van der Waals surface area (Å²) in [7, 11) is 1.36. The maximum atomic E-state index is 12.6. The topological polar surface area (TPSA) is 94.1 Å². The van der Waals surface area contributed by atoms with E-state index in [9.17, 15) is 14.3 Å². The molecular weight excluding hydrogens is 685 g/mol. The molecule has 2 atom stereocenters. The molecule has 0 radical (unpaired) electrons. The quantitative estimate of drug-likeness (QED) is 0.0201. The van der Waals surface area contributed by atoms with Crippen molar-refractivity contribution in [2.75, 3.05) is 54.1 Å². The highest BCUT2D eigenvalue weighted by atomic mass is 31.2. The molecule has 0 N–H and O–H groups in total. The molecule has 0 fully saturated rings. The Morgan fingerprint density at radius 2 is 1.04 bits per heavy atom. The Morgan fingerprint density at radius 3 is 1.57 bits per heavy atom. The van der Waals surface area contributed by atoms with E-state index in [1.807, 2.05) is 21.1 Å². The Kier molecular flexibility index (Phi) is 37.2. The summed E-state index contributed by atoms with van der Waals surface area (Å²) in [6.45, 7) is 5.39. The number of allylic oxidation sites excluding steroid dienone is 4. The molecular formula is C44H86NO7P. The van der Waals surface area contributed by atoms with E-state index in [-0.39, 0.29) is 25.8 Å². The minimum atomic E-state index is -4.52. The van der Waals surface area contributed by atoms with Crippen LogP contribution in [0.1, 0.15) is 194 Å². The van der Waals surface area contributed by atoms with E-state index in [0.717, 1.165) is 38.5 Å². The van der Waals surface area contributed by atoms with E-state index in [2.05, 4.69) is 38.2 Å². The van der Waals surface area contributed by atoms with Crippen LogP contribution in [0.4, 0.5) is 0 Å². The fourth-order valence-corrected chi connectivity index (χ4v) is 6.78. The maximum Gasteiger partial charge on any atom is 0.306 e. The zero-order valence-corrected chi connectivity index (χ0v) is 36.4. The van der Waals surface area contributed by atoms with Gasteiger partial charge < -0.3 is 27.9 Å². The number of quaternary nitrogens is 1. The van der Waals surface area contributed by atoms with E-state index in [1.54, 1.807) is 0 Å². The lowest BCUT2D eigenvalue weighted by Gasteiger charge is -2.28. The molecule has 53 heavy (non-hydrogen) atoms. The SMILES string of the molecule is CCCCC/C=C\C/C=C\CCCCCCCCCCCCOCC(COP(=O)([O-])OCC[N+](C)(C)C)OC(=O)CCCCCCCCCCCCC. The van der Waals surface area contributed by atoms with Crippen LogP contribution in [0.25, 0.3) is 0 Å². The smallest absolute Gasteiger partial charge is 0.306 e. The third kappa shape index (κ3) is 42.0. The first-order valence-electron chi connectivity index (χ1n) is 22.1. The summed E-state index contributed by atoms with van der Waals surface area (Å²) < 4.78 is 34.6. The van der Waals surface area contributed by atoms with Crippen molar-refractivity contribution in [2.45, 2.75) is 200 Å². The molecule has 314 valence electrons. The lowest BCUT2D eigenvalue weighted by molar-refractivity contribution is -0.870. The number of phosphoric acid groups is 1. The number of esters is 1. The minimum absolute atomic E-state index is 0.0274. The van der Waals surface area contributed by atoms with Crippen LogP contribution in [0.15, 0.2) is 24.3 Å². The number of hydrogen-bond acceptors (Lipinski definition) is 7. The van der Waals surface area contributed by atoms with Gasteiger partial charge in [-0.1, -0.05) is 167 Å². The Hall–Kier alpha value is -1.02. The van der Waals surface area contributed by atoms with Gasteiger partial charge in [0.05, 0.1) is 34.4 Å². The minimum Gasteiger partial charge on any atom is -0.756 e. The molecule has 0 aliphatic carbocycles. The fraction of sp³-hybridized carbons (Fsp3) is 0.886. The van der Waals surface area contributed by atoms with E-state index in [0.29, 0.717) is 24.1 Å². The number of carbonyl (C=O) groups is 1. The van der Waals surface area contributed by atoms with Crippen LogP contribution in [-0.4, -0.2) is 70.7 Å². The number of unbranched alkanes of at least 4 members (excludes halogenated alkanes) is 23. The molecule has 0 saturated heterocycles. The lowest BCUT2D eigenvalue weighted by Crippen LogP contribution is -2.37. The molecule has 0 aliphatic heterocycles. The molecule has 0 spiro atoms. The number of carbonyl (C=O) groups excluding carboxylic acids is 1. The standard InChI is InChI=1S/C44H86NO7P/c1-6-8-10-12-14-16-18-19-20-21-22-23-24-25-26-28-30-32-34-36-39-49-41-43(42-51-53(47,48)50-40-38-45(3,4)5)52-44(46)37-35-33-31-29-27-17-15-13-11-9-7-2/h14,16,19-20,43H,6-13,15,17-18,21-42H2,1-5H3/b16-14-,20-19-. The van der Waals surface area contributed by atoms with Crippen molar-refractivity contribution in [3.63, 3.8) is 0 Å². The fourth-order valence-electron chi connectivity index (χ4n) is 6.05. The molecule has 0 aliphatic rings. The Morgan fingerprint density at radius 1 is 0.585 bits per heavy atom. The van der Waals surface area contributed by atoms with Gasteiger partial charge in [-0.25, -0.2) is 0 Å². The van der Waals surface area contributed by atoms with Gasteiger partial charge in [0.25, 0.3) is 7.82 Å². The highest BCUT2D eigenvalue weighted by Gasteiger charge is 2.20. The average Bonchev–Trinajstić information content (AvgIpc) is 3.11. The first kappa shape index (κ1) is 52.0. The van der Waals surface area contributed by atoms with Crippen LogP contribution in [0.5, 0.6) is 0 Å². The van der Waals surface area contributed by atoms with Gasteiger partial charge >= 0.3 is 5.97 Å². The second-order valence-corrected chi connectivity index (χ2v) is 17.5. The highest BCUT2D eigenvalue weighted by molar-refractivity contribution is 7.45. The largest absolute Gasteiger partial charge is 0.756 e. The predicted molar refractivity (Wildman–Crippen MR) is 222 cm³/mol. The van der Waals surface area contributed by atoms with Crippen LogP contribution >= 0.6 is 7.82 Å². The molecule has 8 nitrogen and oxygen atoms in total. The Balaban J connectivity index is 4.15. The van der Waals surface area contributed by atoms with Crippen molar-refractivity contribution in [2.24, 2.45) is 0 Å².